The minimum atomic E-state index is 0.257. The summed E-state index contributed by atoms with van der Waals surface area (Å²) < 4.78 is 27.6. The molecule has 0 aliphatic heterocycles. The second-order valence-electron chi connectivity index (χ2n) is 6.91. The van der Waals surface area contributed by atoms with Crippen LogP contribution in [0.1, 0.15) is 71.1 Å². The quantitative estimate of drug-likeness (QED) is 0.231. The van der Waals surface area contributed by atoms with E-state index < -0.39 is 0 Å². The van der Waals surface area contributed by atoms with Gasteiger partial charge in [-0.3, -0.25) is 0 Å². The van der Waals surface area contributed by atoms with Crippen molar-refractivity contribution >= 4 is 0 Å². The zero-order valence-electron chi connectivity index (χ0n) is 18.3. The lowest BCUT2D eigenvalue weighted by Crippen LogP contribution is -2.04. The van der Waals surface area contributed by atoms with Crippen LogP contribution in [0.2, 0.25) is 0 Å². The zero-order valence-corrected chi connectivity index (χ0v) is 18.3. The summed E-state index contributed by atoms with van der Waals surface area (Å²) in [6.45, 7) is 10.4. The van der Waals surface area contributed by atoms with Gasteiger partial charge in [0.2, 0.25) is 0 Å². The third-order valence-corrected chi connectivity index (χ3v) is 4.21. The molecule has 0 aromatic carbocycles. The summed E-state index contributed by atoms with van der Waals surface area (Å²) >= 11 is 0. The minimum Gasteiger partial charge on any atom is -0.396 e. The maximum absolute atomic E-state index is 8.66. The second kappa shape index (κ2) is 26.8. The lowest BCUT2D eigenvalue weighted by Gasteiger charge is -2.07. The molecule has 170 valence electrons. The van der Waals surface area contributed by atoms with Gasteiger partial charge in [-0.05, 0) is 71.1 Å². The number of ether oxygens (including phenoxy) is 5. The van der Waals surface area contributed by atoms with Crippen molar-refractivity contribution in [1.82, 2.24) is 0 Å². The van der Waals surface area contributed by atoms with Crippen molar-refractivity contribution in [2.75, 3.05) is 72.7 Å². The van der Waals surface area contributed by atoms with Crippen LogP contribution >= 0.6 is 0 Å². The van der Waals surface area contributed by atoms with Crippen LogP contribution in [0.25, 0.3) is 0 Å². The van der Waals surface area contributed by atoms with Crippen molar-refractivity contribution in [2.24, 2.45) is 0 Å². The predicted octanol–water partition coefficient (Wildman–Crippen LogP) is 3.98. The highest BCUT2D eigenvalue weighted by Gasteiger charge is 1.95. The predicted molar refractivity (Wildman–Crippen MR) is 113 cm³/mol. The summed E-state index contributed by atoms with van der Waals surface area (Å²) in [6, 6.07) is 0. The first-order valence-electron chi connectivity index (χ1n) is 11.4. The number of aliphatic hydroxyl groups excluding tert-OH is 1. The summed E-state index contributed by atoms with van der Waals surface area (Å²) in [5.74, 6) is 0. The van der Waals surface area contributed by atoms with E-state index in [9.17, 15) is 0 Å². The summed E-state index contributed by atoms with van der Waals surface area (Å²) in [5, 5.41) is 8.66. The van der Waals surface area contributed by atoms with Crippen LogP contribution in [-0.2, 0) is 23.7 Å². The monoisotopic (exact) mass is 406 g/mol. The van der Waals surface area contributed by atoms with Crippen LogP contribution in [0.15, 0.2) is 0 Å². The van der Waals surface area contributed by atoms with E-state index in [0.717, 1.165) is 130 Å². The molecule has 0 aliphatic carbocycles. The Morgan fingerprint density at radius 3 is 0.893 bits per heavy atom. The molecular weight excluding hydrogens is 360 g/mol. The van der Waals surface area contributed by atoms with Crippen molar-refractivity contribution in [2.45, 2.75) is 71.1 Å². The van der Waals surface area contributed by atoms with E-state index in [4.69, 9.17) is 28.8 Å². The largest absolute Gasteiger partial charge is 0.396 e. The van der Waals surface area contributed by atoms with Crippen molar-refractivity contribution in [3.63, 3.8) is 0 Å². The van der Waals surface area contributed by atoms with Gasteiger partial charge in [-0.15, -0.1) is 0 Å². The highest BCUT2D eigenvalue weighted by atomic mass is 16.5. The molecule has 0 bridgehead atoms. The lowest BCUT2D eigenvalue weighted by atomic mass is 10.3. The molecule has 0 aromatic heterocycles. The fourth-order valence-electron chi connectivity index (χ4n) is 2.50. The van der Waals surface area contributed by atoms with Gasteiger partial charge in [-0.1, -0.05) is 0 Å². The van der Waals surface area contributed by atoms with E-state index in [1.54, 1.807) is 0 Å². The van der Waals surface area contributed by atoms with Gasteiger partial charge >= 0.3 is 0 Å². The molecule has 0 saturated carbocycles. The lowest BCUT2D eigenvalue weighted by molar-refractivity contribution is 0.0820. The Balaban J connectivity index is 2.96. The maximum Gasteiger partial charge on any atom is 0.0466 e. The van der Waals surface area contributed by atoms with Crippen LogP contribution in [0, 0.1) is 0 Å². The molecule has 0 radical (unpaired) electrons. The van der Waals surface area contributed by atoms with Crippen LogP contribution < -0.4 is 0 Å². The Morgan fingerprint density at radius 1 is 0.393 bits per heavy atom. The van der Waals surface area contributed by atoms with Gasteiger partial charge < -0.3 is 28.8 Å². The number of unbranched alkanes of at least 4 members (excludes halogenated alkanes) is 5. The maximum atomic E-state index is 8.66. The molecule has 0 fully saturated rings. The first-order chi connectivity index (χ1) is 13.9. The number of hydrogen-bond acceptors (Lipinski definition) is 6. The molecule has 28 heavy (non-hydrogen) atoms. The van der Waals surface area contributed by atoms with Crippen LogP contribution in [0.4, 0.5) is 0 Å². The van der Waals surface area contributed by atoms with Gasteiger partial charge in [0.05, 0.1) is 0 Å². The Hall–Kier alpha value is -0.240. The Morgan fingerprint density at radius 2 is 0.643 bits per heavy atom. The van der Waals surface area contributed by atoms with Crippen molar-refractivity contribution in [3.8, 4) is 0 Å². The van der Waals surface area contributed by atoms with Gasteiger partial charge in [0.1, 0.15) is 0 Å². The Kier molecular flexibility index (Phi) is 26.5. The van der Waals surface area contributed by atoms with Crippen LogP contribution in [-0.4, -0.2) is 77.8 Å². The van der Waals surface area contributed by atoms with Crippen molar-refractivity contribution in [3.05, 3.63) is 0 Å². The van der Waals surface area contributed by atoms with Gasteiger partial charge in [0.25, 0.3) is 0 Å². The topological polar surface area (TPSA) is 66.4 Å². The first kappa shape index (κ1) is 27.8. The van der Waals surface area contributed by atoms with Gasteiger partial charge in [-0.2, -0.15) is 0 Å². The highest BCUT2D eigenvalue weighted by Crippen LogP contribution is 1.99. The van der Waals surface area contributed by atoms with E-state index in [1.807, 2.05) is 6.92 Å². The average molecular weight is 407 g/mol. The van der Waals surface area contributed by atoms with Gasteiger partial charge in [-0.25, -0.2) is 0 Å². The van der Waals surface area contributed by atoms with Crippen molar-refractivity contribution in [1.29, 1.82) is 0 Å². The zero-order chi connectivity index (χ0) is 20.4. The molecule has 0 amide bonds. The number of hydrogen-bond donors (Lipinski definition) is 1. The van der Waals surface area contributed by atoms with Crippen LogP contribution in [0.5, 0.6) is 0 Å². The molecular formula is C22H46O6. The first-order valence-corrected chi connectivity index (χ1v) is 11.4. The third-order valence-electron chi connectivity index (χ3n) is 4.21. The summed E-state index contributed by atoms with van der Waals surface area (Å²) in [5.41, 5.74) is 0. The number of rotatable bonds is 25. The standard InChI is InChI=1S/C22H46O6/c1-2-24-14-5-6-16-26-18-9-10-20-28-22-12-11-21-27-19-8-7-17-25-15-4-3-13-23/h23H,2-22H2,1H3. The third kappa shape index (κ3) is 25.8. The second-order valence-corrected chi connectivity index (χ2v) is 6.91. The average Bonchev–Trinajstić information content (AvgIpc) is 2.71. The summed E-state index contributed by atoms with van der Waals surface area (Å²) in [6.07, 6.45) is 10.3. The molecule has 0 spiro atoms. The molecule has 6 heteroatoms. The summed E-state index contributed by atoms with van der Waals surface area (Å²) in [4.78, 5) is 0. The van der Waals surface area contributed by atoms with Gasteiger partial charge in [0.15, 0.2) is 0 Å². The molecule has 1 N–H and O–H groups in total. The normalized spacial score (nSPS) is 11.4. The molecule has 0 saturated heterocycles. The fourth-order valence-corrected chi connectivity index (χ4v) is 2.50. The Labute approximate surface area is 173 Å². The molecule has 6 nitrogen and oxygen atoms in total. The van der Waals surface area contributed by atoms with Crippen molar-refractivity contribution < 1.29 is 28.8 Å². The van der Waals surface area contributed by atoms with E-state index in [0.29, 0.717) is 0 Å². The summed E-state index contributed by atoms with van der Waals surface area (Å²) in [7, 11) is 0. The smallest absolute Gasteiger partial charge is 0.0466 e. The van der Waals surface area contributed by atoms with E-state index in [2.05, 4.69) is 0 Å². The molecule has 0 aliphatic rings. The van der Waals surface area contributed by atoms with Crippen LogP contribution in [0.3, 0.4) is 0 Å². The Bertz CT molecular complexity index is 239. The molecule has 0 unspecified atom stereocenters. The molecule has 0 heterocycles. The fraction of sp³-hybridized carbons (Fsp3) is 1.00. The van der Waals surface area contributed by atoms with Gasteiger partial charge in [0, 0.05) is 72.7 Å². The van der Waals surface area contributed by atoms with E-state index in [1.165, 1.54) is 0 Å². The minimum absolute atomic E-state index is 0.257. The van der Waals surface area contributed by atoms with E-state index >= 15 is 0 Å². The number of aliphatic hydroxyl groups is 1. The molecule has 0 aromatic rings. The van der Waals surface area contributed by atoms with E-state index in [-0.39, 0.29) is 6.61 Å². The molecule has 0 atom stereocenters. The molecule has 0 rings (SSSR count). The SMILES string of the molecule is CCOCCCCOCCCCOCCCCOCCCCOCCCCO. The highest BCUT2D eigenvalue weighted by molar-refractivity contribution is 4.44.